The molecule has 128 valence electrons. The number of methoxy groups -OCH3 is 1. The molecule has 0 radical (unpaired) electrons. The molecule has 6 nitrogen and oxygen atoms in total. The summed E-state index contributed by atoms with van der Waals surface area (Å²) in [5, 5.41) is 7.34. The van der Waals surface area contributed by atoms with Crippen LogP contribution < -0.4 is 5.32 Å². The molecule has 0 bridgehead atoms. The summed E-state index contributed by atoms with van der Waals surface area (Å²) in [5.41, 5.74) is 3.05. The van der Waals surface area contributed by atoms with E-state index in [1.54, 1.807) is 6.92 Å². The molecule has 1 aliphatic carbocycles. The number of anilines is 1. The number of carbonyl (C=O) groups is 2. The highest BCUT2D eigenvalue weighted by Crippen LogP contribution is 2.38. The van der Waals surface area contributed by atoms with Crippen LogP contribution in [0.5, 0.6) is 0 Å². The molecule has 1 aliphatic rings. The molecule has 0 aliphatic heterocycles. The number of thiophene rings is 1. The average molecular weight is 348 g/mol. The summed E-state index contributed by atoms with van der Waals surface area (Å²) in [6, 6.07) is 0. The van der Waals surface area contributed by atoms with Crippen molar-refractivity contribution >= 4 is 28.2 Å². The number of nitrogens with zero attached hydrogens (tertiary/aromatic N) is 1. The lowest BCUT2D eigenvalue weighted by Crippen LogP contribution is -2.17. The predicted molar refractivity (Wildman–Crippen MR) is 90.6 cm³/mol. The first kappa shape index (κ1) is 16.7. The zero-order valence-corrected chi connectivity index (χ0v) is 14.8. The Hall–Kier alpha value is -2.15. The Bertz CT molecular complexity index is 771. The fraction of sp³-hybridized carbons (Fsp3) is 0.471. The maximum Gasteiger partial charge on any atom is 0.341 e. The van der Waals surface area contributed by atoms with E-state index in [0.717, 1.165) is 36.8 Å². The van der Waals surface area contributed by atoms with E-state index >= 15 is 0 Å². The Morgan fingerprint density at radius 2 is 2.04 bits per heavy atom. The SMILES string of the molecule is COC(=O)c1c(NC(=O)Cc2c(C)noc2C)sc2c1CCCC2. The first-order valence-corrected chi connectivity index (χ1v) is 8.77. The van der Waals surface area contributed by atoms with Gasteiger partial charge in [0.1, 0.15) is 10.8 Å². The maximum absolute atomic E-state index is 12.4. The summed E-state index contributed by atoms with van der Waals surface area (Å²) in [6.07, 6.45) is 4.14. The number of hydrogen-bond acceptors (Lipinski definition) is 6. The fourth-order valence-electron chi connectivity index (χ4n) is 3.06. The van der Waals surface area contributed by atoms with E-state index in [0.29, 0.717) is 22.0 Å². The van der Waals surface area contributed by atoms with Crippen LogP contribution >= 0.6 is 11.3 Å². The van der Waals surface area contributed by atoms with Crippen molar-refractivity contribution in [3.63, 3.8) is 0 Å². The Balaban J connectivity index is 1.85. The molecule has 2 aromatic rings. The van der Waals surface area contributed by atoms with E-state index in [1.807, 2.05) is 6.92 Å². The molecule has 7 heteroatoms. The number of amides is 1. The number of aryl methyl sites for hydroxylation is 3. The van der Waals surface area contributed by atoms with Gasteiger partial charge in [-0.15, -0.1) is 11.3 Å². The van der Waals surface area contributed by atoms with Crippen LogP contribution in [-0.4, -0.2) is 24.1 Å². The minimum Gasteiger partial charge on any atom is -0.465 e. The summed E-state index contributed by atoms with van der Waals surface area (Å²) in [5.74, 6) is 0.0662. The third-order valence-electron chi connectivity index (χ3n) is 4.33. The van der Waals surface area contributed by atoms with Gasteiger partial charge in [-0.2, -0.15) is 0 Å². The van der Waals surface area contributed by atoms with Gasteiger partial charge < -0.3 is 14.6 Å². The Kier molecular flexibility index (Phi) is 4.71. The third kappa shape index (κ3) is 3.08. The largest absolute Gasteiger partial charge is 0.465 e. The van der Waals surface area contributed by atoms with Crippen LogP contribution in [0.25, 0.3) is 0 Å². The van der Waals surface area contributed by atoms with Crippen LogP contribution in [0.15, 0.2) is 4.52 Å². The third-order valence-corrected chi connectivity index (χ3v) is 5.54. The van der Waals surface area contributed by atoms with Crippen molar-refractivity contribution in [3.8, 4) is 0 Å². The van der Waals surface area contributed by atoms with Crippen molar-refractivity contribution in [2.75, 3.05) is 12.4 Å². The van der Waals surface area contributed by atoms with Crippen LogP contribution in [0.1, 0.15) is 50.7 Å². The van der Waals surface area contributed by atoms with E-state index in [1.165, 1.54) is 23.3 Å². The second-order valence-corrected chi connectivity index (χ2v) is 7.04. The van der Waals surface area contributed by atoms with Gasteiger partial charge in [-0.1, -0.05) is 5.16 Å². The molecule has 1 N–H and O–H groups in total. The van der Waals surface area contributed by atoms with Gasteiger partial charge in [0.05, 0.1) is 24.8 Å². The van der Waals surface area contributed by atoms with Crippen LogP contribution in [-0.2, 0) is 28.8 Å². The minimum absolute atomic E-state index is 0.171. The smallest absolute Gasteiger partial charge is 0.341 e. The van der Waals surface area contributed by atoms with Gasteiger partial charge >= 0.3 is 5.97 Å². The van der Waals surface area contributed by atoms with E-state index in [2.05, 4.69) is 10.5 Å². The summed E-state index contributed by atoms with van der Waals surface area (Å²) < 4.78 is 10.0. The highest BCUT2D eigenvalue weighted by atomic mass is 32.1. The molecule has 2 heterocycles. The molecule has 0 fully saturated rings. The van der Waals surface area contributed by atoms with Crippen molar-refractivity contribution in [2.45, 2.75) is 46.0 Å². The molecule has 1 amide bonds. The average Bonchev–Trinajstić information content (AvgIpc) is 3.08. The zero-order valence-electron chi connectivity index (χ0n) is 14.0. The molecule has 3 rings (SSSR count). The normalized spacial score (nSPS) is 13.5. The maximum atomic E-state index is 12.4. The lowest BCUT2D eigenvalue weighted by Gasteiger charge is -2.11. The number of esters is 1. The highest BCUT2D eigenvalue weighted by Gasteiger charge is 2.27. The molecule has 0 atom stereocenters. The van der Waals surface area contributed by atoms with Gasteiger partial charge in [0.2, 0.25) is 5.91 Å². The van der Waals surface area contributed by atoms with E-state index in [-0.39, 0.29) is 18.3 Å². The summed E-state index contributed by atoms with van der Waals surface area (Å²) >= 11 is 1.48. The van der Waals surface area contributed by atoms with Gasteiger partial charge in [-0.05, 0) is 45.1 Å². The van der Waals surface area contributed by atoms with Gasteiger partial charge in [0, 0.05) is 10.4 Å². The Labute approximate surface area is 144 Å². The quantitative estimate of drug-likeness (QED) is 0.858. The fourth-order valence-corrected chi connectivity index (χ4v) is 4.35. The number of aromatic nitrogens is 1. The Morgan fingerprint density at radius 1 is 1.29 bits per heavy atom. The van der Waals surface area contributed by atoms with E-state index < -0.39 is 0 Å². The number of carbonyl (C=O) groups excluding carboxylic acids is 2. The van der Waals surface area contributed by atoms with Crippen molar-refractivity contribution in [1.29, 1.82) is 0 Å². The Morgan fingerprint density at radius 3 is 2.71 bits per heavy atom. The number of nitrogens with one attached hydrogen (secondary N) is 1. The van der Waals surface area contributed by atoms with Crippen LogP contribution in [0.4, 0.5) is 5.00 Å². The number of fused-ring (bicyclic) bond motifs is 1. The molecule has 0 aromatic carbocycles. The second kappa shape index (κ2) is 6.76. The topological polar surface area (TPSA) is 81.4 Å². The molecule has 0 saturated heterocycles. The number of ether oxygens (including phenoxy) is 1. The second-order valence-electron chi connectivity index (χ2n) is 5.93. The van der Waals surface area contributed by atoms with Gasteiger partial charge in [0.15, 0.2) is 0 Å². The molecule has 0 saturated carbocycles. The number of rotatable bonds is 4. The van der Waals surface area contributed by atoms with Crippen LogP contribution in [0.2, 0.25) is 0 Å². The van der Waals surface area contributed by atoms with E-state index in [9.17, 15) is 9.59 Å². The first-order valence-electron chi connectivity index (χ1n) is 7.95. The van der Waals surface area contributed by atoms with Crippen molar-refractivity contribution < 1.29 is 18.8 Å². The van der Waals surface area contributed by atoms with Crippen molar-refractivity contribution in [2.24, 2.45) is 0 Å². The predicted octanol–water partition coefficient (Wildman–Crippen LogP) is 3.20. The van der Waals surface area contributed by atoms with E-state index in [4.69, 9.17) is 9.26 Å². The molecule has 0 unspecified atom stereocenters. The molecular weight excluding hydrogens is 328 g/mol. The number of hydrogen-bond donors (Lipinski definition) is 1. The van der Waals surface area contributed by atoms with Gasteiger partial charge in [0.25, 0.3) is 0 Å². The lowest BCUT2D eigenvalue weighted by atomic mass is 9.95. The van der Waals surface area contributed by atoms with Crippen LogP contribution in [0, 0.1) is 13.8 Å². The zero-order chi connectivity index (χ0) is 17.3. The van der Waals surface area contributed by atoms with Gasteiger partial charge in [-0.3, -0.25) is 4.79 Å². The molecule has 0 spiro atoms. The molecule has 24 heavy (non-hydrogen) atoms. The summed E-state index contributed by atoms with van der Waals surface area (Å²) in [6.45, 7) is 3.59. The molecular formula is C17H20N2O4S. The summed E-state index contributed by atoms with van der Waals surface area (Å²) in [4.78, 5) is 25.8. The minimum atomic E-state index is -0.387. The lowest BCUT2D eigenvalue weighted by molar-refractivity contribution is -0.115. The van der Waals surface area contributed by atoms with Crippen molar-refractivity contribution in [3.05, 3.63) is 33.0 Å². The van der Waals surface area contributed by atoms with Gasteiger partial charge in [-0.25, -0.2) is 4.79 Å². The first-order chi connectivity index (χ1) is 11.5. The molecule has 2 aromatic heterocycles. The monoisotopic (exact) mass is 348 g/mol. The summed E-state index contributed by atoms with van der Waals surface area (Å²) in [7, 11) is 1.37. The standard InChI is InChI=1S/C17H20N2O4S/c1-9-12(10(2)23-19-9)8-14(20)18-16-15(17(21)22-3)11-6-4-5-7-13(11)24-16/h4-8H2,1-3H3,(H,18,20). The van der Waals surface area contributed by atoms with Crippen LogP contribution in [0.3, 0.4) is 0 Å². The van der Waals surface area contributed by atoms with Crippen molar-refractivity contribution in [1.82, 2.24) is 5.16 Å². The highest BCUT2D eigenvalue weighted by molar-refractivity contribution is 7.17.